The molecule has 0 aliphatic carbocycles. The predicted octanol–water partition coefficient (Wildman–Crippen LogP) is 9.97. The van der Waals surface area contributed by atoms with Gasteiger partial charge in [0.2, 0.25) is 0 Å². The zero-order valence-corrected chi connectivity index (χ0v) is 20.3. The van der Waals surface area contributed by atoms with Gasteiger partial charge in [0.25, 0.3) is 0 Å². The topological polar surface area (TPSA) is 4.93 Å². The number of aromatic nitrogens is 1. The van der Waals surface area contributed by atoms with Crippen LogP contribution in [0.2, 0.25) is 0 Å². The molecule has 0 saturated carbocycles. The van der Waals surface area contributed by atoms with E-state index in [9.17, 15) is 0 Å². The van der Waals surface area contributed by atoms with Gasteiger partial charge in [-0.2, -0.15) is 0 Å². The zero-order valence-electron chi connectivity index (χ0n) is 19.5. The number of para-hydroxylation sites is 1. The smallest absolute Gasteiger partial charge is 0.0547 e. The lowest BCUT2D eigenvalue weighted by Crippen LogP contribution is -1.94. The first-order chi connectivity index (χ1) is 17.8. The molecule has 0 spiro atoms. The van der Waals surface area contributed by atoms with E-state index in [1.165, 1.54) is 69.6 Å². The van der Waals surface area contributed by atoms with Gasteiger partial charge in [-0.3, -0.25) is 0 Å². The summed E-state index contributed by atoms with van der Waals surface area (Å²) in [5, 5.41) is 7.76. The first-order valence-electron chi connectivity index (χ1n) is 12.3. The van der Waals surface area contributed by atoms with Gasteiger partial charge in [-0.1, -0.05) is 84.9 Å². The fourth-order valence-corrected chi connectivity index (χ4v) is 6.74. The second-order valence-electron chi connectivity index (χ2n) is 9.43. The molecule has 0 aliphatic heterocycles. The highest BCUT2D eigenvalue weighted by molar-refractivity contribution is 7.25. The van der Waals surface area contributed by atoms with E-state index in [0.29, 0.717) is 0 Å². The van der Waals surface area contributed by atoms with Crippen molar-refractivity contribution < 1.29 is 0 Å². The first-order valence-corrected chi connectivity index (χ1v) is 13.1. The lowest BCUT2D eigenvalue weighted by molar-refractivity contribution is 1.19. The number of nitrogens with zero attached hydrogens (tertiary/aromatic N) is 1. The fourth-order valence-electron chi connectivity index (χ4n) is 5.65. The van der Waals surface area contributed by atoms with Gasteiger partial charge >= 0.3 is 0 Å². The standard InChI is InChI=1S/C34H21NS/c1-2-8-23-19-26(16-13-22(23)7-1)35-31-11-5-3-9-27(31)28-17-14-25(21-32(28)35)24-15-18-34-30(20-24)29-10-4-6-12-33(29)36-34/h1-21H. The molecule has 2 heteroatoms. The fraction of sp³-hybridized carbons (Fsp3) is 0. The van der Waals surface area contributed by atoms with E-state index in [-0.39, 0.29) is 0 Å². The van der Waals surface area contributed by atoms with E-state index >= 15 is 0 Å². The van der Waals surface area contributed by atoms with Crippen LogP contribution in [0.3, 0.4) is 0 Å². The normalized spacial score (nSPS) is 11.9. The number of rotatable bonds is 2. The van der Waals surface area contributed by atoms with E-state index in [0.717, 1.165) is 0 Å². The number of thiophene rings is 1. The second-order valence-corrected chi connectivity index (χ2v) is 10.5. The second kappa shape index (κ2) is 7.55. The van der Waals surface area contributed by atoms with Crippen molar-refractivity contribution in [2.75, 3.05) is 0 Å². The Morgan fingerprint density at radius 3 is 2.06 bits per heavy atom. The summed E-state index contributed by atoms with van der Waals surface area (Å²) < 4.78 is 5.10. The summed E-state index contributed by atoms with van der Waals surface area (Å²) in [7, 11) is 0. The molecule has 0 amide bonds. The monoisotopic (exact) mass is 475 g/mol. The van der Waals surface area contributed by atoms with Crippen molar-refractivity contribution in [1.82, 2.24) is 4.57 Å². The maximum absolute atomic E-state index is 2.42. The summed E-state index contributed by atoms with van der Waals surface area (Å²) in [6.07, 6.45) is 0. The Kier molecular flexibility index (Phi) is 4.16. The van der Waals surface area contributed by atoms with Gasteiger partial charge < -0.3 is 4.57 Å². The quantitative estimate of drug-likeness (QED) is 0.234. The van der Waals surface area contributed by atoms with Gasteiger partial charge in [0.05, 0.1) is 11.0 Å². The molecule has 0 atom stereocenters. The van der Waals surface area contributed by atoms with Crippen LogP contribution in [0.25, 0.3) is 69.6 Å². The van der Waals surface area contributed by atoms with Crippen molar-refractivity contribution >= 4 is 64.1 Å². The van der Waals surface area contributed by atoms with Crippen molar-refractivity contribution in [1.29, 1.82) is 0 Å². The summed E-state index contributed by atoms with van der Waals surface area (Å²) in [4.78, 5) is 0. The summed E-state index contributed by atoms with van der Waals surface area (Å²) >= 11 is 1.87. The Morgan fingerprint density at radius 1 is 0.417 bits per heavy atom. The van der Waals surface area contributed by atoms with Crippen molar-refractivity contribution in [3.8, 4) is 16.8 Å². The van der Waals surface area contributed by atoms with E-state index < -0.39 is 0 Å². The van der Waals surface area contributed by atoms with Crippen molar-refractivity contribution in [3.05, 3.63) is 127 Å². The maximum atomic E-state index is 2.42. The van der Waals surface area contributed by atoms with Gasteiger partial charge in [-0.05, 0) is 64.4 Å². The first kappa shape index (κ1) is 19.9. The van der Waals surface area contributed by atoms with Crippen LogP contribution in [0.5, 0.6) is 0 Å². The molecule has 2 aromatic heterocycles. The van der Waals surface area contributed by atoms with Gasteiger partial charge in [-0.25, -0.2) is 0 Å². The molecule has 0 aliphatic rings. The minimum absolute atomic E-state index is 1.19. The van der Waals surface area contributed by atoms with Crippen LogP contribution in [-0.4, -0.2) is 4.57 Å². The molecule has 0 saturated heterocycles. The summed E-state index contributed by atoms with van der Waals surface area (Å²) in [5.41, 5.74) is 6.16. The van der Waals surface area contributed by atoms with Gasteiger partial charge in [-0.15, -0.1) is 11.3 Å². The highest BCUT2D eigenvalue weighted by Gasteiger charge is 2.14. The van der Waals surface area contributed by atoms with E-state index in [2.05, 4.69) is 132 Å². The number of fused-ring (bicyclic) bond motifs is 7. The molecule has 2 heterocycles. The maximum Gasteiger partial charge on any atom is 0.0547 e. The number of hydrogen-bond donors (Lipinski definition) is 0. The highest BCUT2D eigenvalue weighted by atomic mass is 32.1. The van der Waals surface area contributed by atoms with Gasteiger partial charge in [0, 0.05) is 36.6 Å². The Morgan fingerprint density at radius 2 is 1.11 bits per heavy atom. The third-order valence-corrected chi connectivity index (χ3v) is 8.53. The lowest BCUT2D eigenvalue weighted by Gasteiger charge is -2.10. The minimum Gasteiger partial charge on any atom is -0.309 e. The molecule has 1 nitrogen and oxygen atoms in total. The molecule has 0 unspecified atom stereocenters. The molecule has 36 heavy (non-hydrogen) atoms. The molecule has 0 bridgehead atoms. The molecule has 8 aromatic rings. The molecular weight excluding hydrogens is 454 g/mol. The molecule has 168 valence electrons. The van der Waals surface area contributed by atoms with Crippen molar-refractivity contribution in [2.24, 2.45) is 0 Å². The van der Waals surface area contributed by atoms with E-state index in [4.69, 9.17) is 0 Å². The van der Waals surface area contributed by atoms with Crippen LogP contribution in [0.15, 0.2) is 127 Å². The van der Waals surface area contributed by atoms with Crippen LogP contribution in [0.1, 0.15) is 0 Å². The number of hydrogen-bond acceptors (Lipinski definition) is 1. The average Bonchev–Trinajstić information content (AvgIpc) is 3.47. The lowest BCUT2D eigenvalue weighted by atomic mass is 10.0. The van der Waals surface area contributed by atoms with Crippen molar-refractivity contribution in [2.45, 2.75) is 0 Å². The molecule has 0 fully saturated rings. The van der Waals surface area contributed by atoms with Gasteiger partial charge in [0.1, 0.15) is 0 Å². The third kappa shape index (κ3) is 2.89. The van der Waals surface area contributed by atoms with Crippen LogP contribution in [-0.2, 0) is 0 Å². The van der Waals surface area contributed by atoms with Gasteiger partial charge in [0.15, 0.2) is 0 Å². The molecule has 6 aromatic carbocycles. The van der Waals surface area contributed by atoms with Crippen LogP contribution < -0.4 is 0 Å². The van der Waals surface area contributed by atoms with E-state index in [1.807, 2.05) is 11.3 Å². The van der Waals surface area contributed by atoms with Crippen LogP contribution in [0.4, 0.5) is 0 Å². The summed E-state index contributed by atoms with van der Waals surface area (Å²) in [5.74, 6) is 0. The largest absolute Gasteiger partial charge is 0.309 e. The van der Waals surface area contributed by atoms with Crippen LogP contribution >= 0.6 is 11.3 Å². The third-order valence-electron chi connectivity index (χ3n) is 7.38. The molecular formula is C34H21NS. The SMILES string of the molecule is c1ccc2cc(-n3c4ccccc4c4ccc(-c5ccc6sc7ccccc7c6c5)cc43)ccc2c1. The molecule has 0 radical (unpaired) electrons. The number of benzene rings is 6. The Labute approximate surface area is 212 Å². The summed E-state index contributed by atoms with van der Waals surface area (Å²) in [6, 6.07) is 46.6. The Balaban J connectivity index is 1.39. The summed E-state index contributed by atoms with van der Waals surface area (Å²) in [6.45, 7) is 0. The Hall–Kier alpha value is -4.40. The van der Waals surface area contributed by atoms with Crippen molar-refractivity contribution in [3.63, 3.8) is 0 Å². The molecule has 8 rings (SSSR count). The Bertz CT molecular complexity index is 2110. The van der Waals surface area contributed by atoms with Crippen LogP contribution in [0, 0.1) is 0 Å². The zero-order chi connectivity index (χ0) is 23.6. The predicted molar refractivity (Wildman–Crippen MR) is 157 cm³/mol. The molecule has 0 N–H and O–H groups in total. The highest BCUT2D eigenvalue weighted by Crippen LogP contribution is 2.39. The average molecular weight is 476 g/mol. The minimum atomic E-state index is 1.19. The van der Waals surface area contributed by atoms with E-state index in [1.54, 1.807) is 0 Å².